The molecule has 1 heterocycles. The van der Waals surface area contributed by atoms with E-state index >= 15 is 0 Å². The molecule has 6 heteroatoms. The van der Waals surface area contributed by atoms with E-state index in [1.165, 1.54) is 5.56 Å². The zero-order valence-corrected chi connectivity index (χ0v) is 14.6. The molecule has 2 rings (SSSR count). The van der Waals surface area contributed by atoms with Gasteiger partial charge in [-0.15, -0.1) is 12.4 Å². The Hall–Kier alpha value is -1.59. The minimum absolute atomic E-state index is 0. The molecule has 0 aliphatic carbocycles. The van der Waals surface area contributed by atoms with Crippen molar-refractivity contribution >= 4 is 29.9 Å². The van der Waals surface area contributed by atoms with E-state index in [1.54, 1.807) is 4.90 Å². The number of benzene rings is 1. The minimum atomic E-state index is -0.554. The summed E-state index contributed by atoms with van der Waals surface area (Å²) in [7, 11) is 0. The number of carbonyl (C=O) groups is 2. The van der Waals surface area contributed by atoms with Crippen molar-refractivity contribution in [2.45, 2.75) is 39.2 Å². The molecule has 0 spiro atoms. The van der Waals surface area contributed by atoms with Crippen LogP contribution in [0.5, 0.6) is 0 Å². The Morgan fingerprint density at radius 3 is 2.70 bits per heavy atom. The first kappa shape index (κ1) is 19.5. The average molecular weight is 340 g/mol. The van der Waals surface area contributed by atoms with E-state index in [2.05, 4.69) is 5.32 Å². The van der Waals surface area contributed by atoms with E-state index < -0.39 is 6.04 Å². The van der Waals surface area contributed by atoms with Crippen molar-refractivity contribution in [2.24, 2.45) is 11.7 Å². The van der Waals surface area contributed by atoms with Gasteiger partial charge in [0.15, 0.2) is 0 Å². The Balaban J connectivity index is 0.00000264. The van der Waals surface area contributed by atoms with Gasteiger partial charge in [-0.2, -0.15) is 0 Å². The lowest BCUT2D eigenvalue weighted by molar-refractivity contribution is -0.126. The van der Waals surface area contributed by atoms with E-state index in [1.807, 2.05) is 38.1 Å². The number of hydrogen-bond acceptors (Lipinski definition) is 3. The Bertz CT molecular complexity index is 548. The number of nitrogens with zero attached hydrogens (tertiary/aromatic N) is 1. The van der Waals surface area contributed by atoms with Crippen molar-refractivity contribution in [3.05, 3.63) is 29.8 Å². The normalized spacial score (nSPS) is 14.7. The number of amides is 2. The second kappa shape index (κ2) is 8.89. The summed E-state index contributed by atoms with van der Waals surface area (Å²) in [5.41, 5.74) is 7.97. The first-order chi connectivity index (χ1) is 10.5. The summed E-state index contributed by atoms with van der Waals surface area (Å²) in [6.45, 7) is 4.73. The molecule has 0 aromatic heterocycles. The van der Waals surface area contributed by atoms with Gasteiger partial charge < -0.3 is 16.0 Å². The number of anilines is 1. The van der Waals surface area contributed by atoms with Gasteiger partial charge in [0.2, 0.25) is 11.8 Å². The number of rotatable bonds is 5. The van der Waals surface area contributed by atoms with E-state index in [0.717, 1.165) is 18.5 Å². The zero-order chi connectivity index (χ0) is 16.1. The molecule has 0 bridgehead atoms. The SMILES string of the molecule is CC(C)C[C@H](N)C(=O)NCC(=O)N1CCCc2ccccc21.Cl. The standard InChI is InChI=1S/C17H25N3O2.ClH/c1-12(2)10-14(18)17(22)19-11-16(21)20-9-5-7-13-6-3-4-8-15(13)20;/h3-4,6,8,12,14H,5,7,9-11,18H2,1-2H3,(H,19,22);1H/t14-;/m0./s1. The summed E-state index contributed by atoms with van der Waals surface area (Å²) in [5.74, 6) is 0.00927. The van der Waals surface area contributed by atoms with Crippen LogP contribution in [-0.2, 0) is 16.0 Å². The highest BCUT2D eigenvalue weighted by molar-refractivity contribution is 5.98. The second-order valence-electron chi connectivity index (χ2n) is 6.23. The Morgan fingerprint density at radius 2 is 2.00 bits per heavy atom. The molecule has 1 aliphatic rings. The van der Waals surface area contributed by atoms with Crippen molar-refractivity contribution in [1.29, 1.82) is 0 Å². The summed E-state index contributed by atoms with van der Waals surface area (Å²) < 4.78 is 0. The molecule has 0 radical (unpaired) electrons. The number of nitrogens with one attached hydrogen (secondary N) is 1. The van der Waals surface area contributed by atoms with Crippen LogP contribution in [0, 0.1) is 5.92 Å². The van der Waals surface area contributed by atoms with Crippen LogP contribution in [0.1, 0.15) is 32.3 Å². The van der Waals surface area contributed by atoms with Gasteiger partial charge >= 0.3 is 0 Å². The first-order valence-corrected chi connectivity index (χ1v) is 7.90. The highest BCUT2D eigenvalue weighted by atomic mass is 35.5. The van der Waals surface area contributed by atoms with Gasteiger partial charge in [-0.3, -0.25) is 9.59 Å². The maximum absolute atomic E-state index is 12.4. The number of nitrogens with two attached hydrogens (primary N) is 1. The van der Waals surface area contributed by atoms with Crippen LogP contribution in [0.4, 0.5) is 5.69 Å². The highest BCUT2D eigenvalue weighted by Gasteiger charge is 2.23. The van der Waals surface area contributed by atoms with Gasteiger partial charge in [-0.1, -0.05) is 32.0 Å². The lowest BCUT2D eigenvalue weighted by atomic mass is 10.0. The number of hydrogen-bond donors (Lipinski definition) is 2. The molecular weight excluding hydrogens is 314 g/mol. The number of carbonyl (C=O) groups excluding carboxylic acids is 2. The lowest BCUT2D eigenvalue weighted by Gasteiger charge is -2.29. The molecule has 0 unspecified atom stereocenters. The van der Waals surface area contributed by atoms with E-state index in [4.69, 9.17) is 5.73 Å². The number of halogens is 1. The number of aryl methyl sites for hydroxylation is 1. The first-order valence-electron chi connectivity index (χ1n) is 7.90. The minimum Gasteiger partial charge on any atom is -0.346 e. The van der Waals surface area contributed by atoms with Crippen molar-refractivity contribution in [2.75, 3.05) is 18.0 Å². The fourth-order valence-electron chi connectivity index (χ4n) is 2.80. The summed E-state index contributed by atoms with van der Waals surface area (Å²) in [6.07, 6.45) is 2.56. The van der Waals surface area contributed by atoms with E-state index in [0.29, 0.717) is 18.9 Å². The third kappa shape index (κ3) is 5.22. The lowest BCUT2D eigenvalue weighted by Crippen LogP contribution is -2.47. The Kier molecular flexibility index (Phi) is 7.52. The highest BCUT2D eigenvalue weighted by Crippen LogP contribution is 2.26. The van der Waals surface area contributed by atoms with Gasteiger partial charge in [0, 0.05) is 12.2 Å². The molecule has 128 valence electrons. The van der Waals surface area contributed by atoms with Crippen LogP contribution in [0.3, 0.4) is 0 Å². The number of fused-ring (bicyclic) bond motifs is 1. The molecule has 5 nitrogen and oxygen atoms in total. The fourth-order valence-corrected chi connectivity index (χ4v) is 2.80. The van der Waals surface area contributed by atoms with Crippen molar-refractivity contribution in [3.8, 4) is 0 Å². The molecule has 2 amide bonds. The summed E-state index contributed by atoms with van der Waals surface area (Å²) in [4.78, 5) is 26.0. The van der Waals surface area contributed by atoms with E-state index in [-0.39, 0.29) is 30.8 Å². The predicted molar refractivity (Wildman–Crippen MR) is 94.8 cm³/mol. The second-order valence-corrected chi connectivity index (χ2v) is 6.23. The molecule has 1 atom stereocenters. The van der Waals surface area contributed by atoms with Crippen LogP contribution >= 0.6 is 12.4 Å². The maximum atomic E-state index is 12.4. The Labute approximate surface area is 144 Å². The van der Waals surface area contributed by atoms with Gasteiger partial charge in [-0.05, 0) is 36.8 Å². The van der Waals surface area contributed by atoms with Gasteiger partial charge in [0.05, 0.1) is 12.6 Å². The molecule has 1 aromatic carbocycles. The molecular formula is C17H26ClN3O2. The van der Waals surface area contributed by atoms with Crippen LogP contribution in [0.25, 0.3) is 0 Å². The topological polar surface area (TPSA) is 75.4 Å². The predicted octanol–water partition coefficient (Wildman–Crippen LogP) is 1.88. The number of para-hydroxylation sites is 1. The van der Waals surface area contributed by atoms with Crippen LogP contribution in [0.15, 0.2) is 24.3 Å². The molecule has 23 heavy (non-hydrogen) atoms. The molecule has 0 saturated heterocycles. The summed E-state index contributed by atoms with van der Waals surface area (Å²) in [6, 6.07) is 7.37. The van der Waals surface area contributed by atoms with Gasteiger partial charge in [-0.25, -0.2) is 0 Å². The van der Waals surface area contributed by atoms with Crippen LogP contribution in [0.2, 0.25) is 0 Å². The van der Waals surface area contributed by atoms with Crippen LogP contribution < -0.4 is 16.0 Å². The molecule has 0 fully saturated rings. The zero-order valence-electron chi connectivity index (χ0n) is 13.7. The van der Waals surface area contributed by atoms with Crippen molar-refractivity contribution in [1.82, 2.24) is 5.32 Å². The van der Waals surface area contributed by atoms with E-state index in [9.17, 15) is 9.59 Å². The summed E-state index contributed by atoms with van der Waals surface area (Å²) in [5, 5.41) is 2.66. The van der Waals surface area contributed by atoms with Crippen molar-refractivity contribution in [3.63, 3.8) is 0 Å². The molecule has 3 N–H and O–H groups in total. The third-order valence-electron chi connectivity index (χ3n) is 3.89. The molecule has 1 aliphatic heterocycles. The quantitative estimate of drug-likeness (QED) is 0.860. The monoisotopic (exact) mass is 339 g/mol. The average Bonchev–Trinajstić information content (AvgIpc) is 2.51. The molecule has 0 saturated carbocycles. The van der Waals surface area contributed by atoms with Gasteiger partial charge in [0.25, 0.3) is 0 Å². The smallest absolute Gasteiger partial charge is 0.246 e. The Morgan fingerprint density at radius 1 is 1.30 bits per heavy atom. The fraction of sp³-hybridized carbons (Fsp3) is 0.529. The molecule has 1 aromatic rings. The van der Waals surface area contributed by atoms with Crippen LogP contribution in [-0.4, -0.2) is 30.9 Å². The maximum Gasteiger partial charge on any atom is 0.246 e. The largest absolute Gasteiger partial charge is 0.346 e. The van der Waals surface area contributed by atoms with Gasteiger partial charge in [0.1, 0.15) is 0 Å². The van der Waals surface area contributed by atoms with Crippen molar-refractivity contribution < 1.29 is 9.59 Å². The summed E-state index contributed by atoms with van der Waals surface area (Å²) >= 11 is 0. The third-order valence-corrected chi connectivity index (χ3v) is 3.89.